The van der Waals surface area contributed by atoms with E-state index >= 15 is 0 Å². The van der Waals surface area contributed by atoms with Crippen molar-refractivity contribution in [1.82, 2.24) is 9.97 Å². The maximum Gasteiger partial charge on any atom is 0.242 e. The quantitative estimate of drug-likeness (QED) is 0.766. The van der Waals surface area contributed by atoms with Crippen LogP contribution in [0.3, 0.4) is 0 Å². The van der Waals surface area contributed by atoms with Gasteiger partial charge in [-0.05, 0) is 35.2 Å². The van der Waals surface area contributed by atoms with E-state index in [-0.39, 0.29) is 11.2 Å². The van der Waals surface area contributed by atoms with Gasteiger partial charge in [0.15, 0.2) is 0 Å². The normalized spacial score (nSPS) is 10.7. The van der Waals surface area contributed by atoms with Crippen molar-refractivity contribution in [2.45, 2.75) is 19.8 Å². The van der Waals surface area contributed by atoms with Gasteiger partial charge < -0.3 is 4.74 Å². The van der Waals surface area contributed by atoms with E-state index < -0.39 is 0 Å². The van der Waals surface area contributed by atoms with Crippen LogP contribution in [0.15, 0.2) is 30.5 Å². The van der Waals surface area contributed by atoms with Gasteiger partial charge in [0, 0.05) is 0 Å². The highest BCUT2D eigenvalue weighted by Gasteiger charge is 2.07. The summed E-state index contributed by atoms with van der Waals surface area (Å²) in [6.07, 6.45) is 1.41. The number of rotatable bonds is 3. The molecule has 0 saturated carbocycles. The van der Waals surface area contributed by atoms with Crippen molar-refractivity contribution in [3.05, 3.63) is 46.3 Å². The monoisotopic (exact) mass is 282 g/mol. The van der Waals surface area contributed by atoms with Crippen LogP contribution in [0.1, 0.15) is 25.3 Å². The van der Waals surface area contributed by atoms with Crippen LogP contribution in [0.4, 0.5) is 0 Å². The van der Waals surface area contributed by atoms with Crippen LogP contribution in [0.25, 0.3) is 0 Å². The lowest BCUT2D eigenvalue weighted by Gasteiger charge is -2.08. The van der Waals surface area contributed by atoms with Gasteiger partial charge in [-0.3, -0.25) is 0 Å². The molecule has 0 atom stereocenters. The largest absolute Gasteiger partial charge is 0.437 e. The topological polar surface area (TPSA) is 35.0 Å². The second kappa shape index (κ2) is 5.55. The summed E-state index contributed by atoms with van der Waals surface area (Å²) in [4.78, 5) is 7.69. The first-order valence-corrected chi connectivity index (χ1v) is 6.27. The van der Waals surface area contributed by atoms with Gasteiger partial charge in [-0.1, -0.05) is 37.6 Å². The minimum Gasteiger partial charge on any atom is -0.437 e. The summed E-state index contributed by atoms with van der Waals surface area (Å²) in [5.74, 6) is 1.40. The molecule has 0 aliphatic carbocycles. The van der Waals surface area contributed by atoms with Gasteiger partial charge in [0.2, 0.25) is 11.2 Å². The minimum atomic E-state index is 0.105. The molecule has 0 aliphatic rings. The molecular formula is C13H12Cl2N2O. The first kappa shape index (κ1) is 13.1. The zero-order valence-electron chi connectivity index (χ0n) is 10.0. The lowest BCUT2D eigenvalue weighted by molar-refractivity contribution is 0.461. The van der Waals surface area contributed by atoms with Crippen LogP contribution in [0.2, 0.25) is 10.3 Å². The standard InChI is InChI=1S/C13H12Cl2N2O/c1-8(2)9-3-5-10(6-4-9)18-12-11(14)7-16-13(15)17-12/h3-8H,1-2H3. The minimum absolute atomic E-state index is 0.105. The molecule has 5 heteroatoms. The van der Waals surface area contributed by atoms with Gasteiger partial charge in [0.25, 0.3) is 0 Å². The van der Waals surface area contributed by atoms with Crippen LogP contribution < -0.4 is 4.74 Å². The maximum absolute atomic E-state index is 5.92. The van der Waals surface area contributed by atoms with Crippen LogP contribution in [-0.2, 0) is 0 Å². The van der Waals surface area contributed by atoms with Gasteiger partial charge in [0.05, 0.1) is 6.20 Å². The molecule has 18 heavy (non-hydrogen) atoms. The highest BCUT2D eigenvalue weighted by Crippen LogP contribution is 2.28. The van der Waals surface area contributed by atoms with E-state index in [2.05, 4.69) is 23.8 Å². The average Bonchev–Trinajstić information content (AvgIpc) is 2.34. The molecule has 94 valence electrons. The van der Waals surface area contributed by atoms with E-state index in [9.17, 15) is 0 Å². The Labute approximate surface area is 116 Å². The fourth-order valence-electron chi connectivity index (χ4n) is 1.44. The first-order valence-electron chi connectivity index (χ1n) is 5.52. The molecule has 3 nitrogen and oxygen atoms in total. The van der Waals surface area contributed by atoms with Crippen LogP contribution in [0.5, 0.6) is 11.6 Å². The molecule has 1 aromatic heterocycles. The lowest BCUT2D eigenvalue weighted by atomic mass is 10.0. The van der Waals surface area contributed by atoms with Gasteiger partial charge in [-0.25, -0.2) is 4.98 Å². The zero-order valence-corrected chi connectivity index (χ0v) is 11.5. The Hall–Kier alpha value is -1.32. The molecule has 1 aromatic carbocycles. The van der Waals surface area contributed by atoms with Crippen molar-refractivity contribution >= 4 is 23.2 Å². The fourth-order valence-corrected chi connectivity index (χ4v) is 1.69. The van der Waals surface area contributed by atoms with Crippen LogP contribution in [0, 0.1) is 0 Å². The Morgan fingerprint density at radius 3 is 2.39 bits per heavy atom. The molecule has 1 heterocycles. The molecule has 0 spiro atoms. The van der Waals surface area contributed by atoms with Crippen molar-refractivity contribution in [2.24, 2.45) is 0 Å². The third-order valence-corrected chi connectivity index (χ3v) is 2.89. The summed E-state index contributed by atoms with van der Waals surface area (Å²) in [7, 11) is 0. The van der Waals surface area contributed by atoms with E-state index in [1.165, 1.54) is 11.8 Å². The summed E-state index contributed by atoms with van der Waals surface area (Å²) in [5.41, 5.74) is 1.24. The van der Waals surface area contributed by atoms with Crippen LogP contribution in [-0.4, -0.2) is 9.97 Å². The lowest BCUT2D eigenvalue weighted by Crippen LogP contribution is -1.92. The second-order valence-corrected chi connectivity index (χ2v) is 4.86. The highest BCUT2D eigenvalue weighted by molar-refractivity contribution is 6.32. The van der Waals surface area contributed by atoms with Gasteiger partial charge >= 0.3 is 0 Å². The predicted octanol–water partition coefficient (Wildman–Crippen LogP) is 4.70. The molecule has 0 unspecified atom stereocenters. The van der Waals surface area contributed by atoms with E-state index in [0.29, 0.717) is 16.7 Å². The zero-order chi connectivity index (χ0) is 13.1. The van der Waals surface area contributed by atoms with Crippen molar-refractivity contribution in [2.75, 3.05) is 0 Å². The van der Waals surface area contributed by atoms with E-state index in [4.69, 9.17) is 27.9 Å². The third kappa shape index (κ3) is 3.12. The number of benzene rings is 1. The summed E-state index contributed by atoms with van der Waals surface area (Å²) in [5, 5.41) is 0.431. The Bertz CT molecular complexity index is 541. The highest BCUT2D eigenvalue weighted by atomic mass is 35.5. The van der Waals surface area contributed by atoms with Gasteiger partial charge in [0.1, 0.15) is 10.8 Å². The number of halogens is 2. The van der Waals surface area contributed by atoms with E-state index in [1.807, 2.05) is 24.3 Å². The molecule has 0 saturated heterocycles. The number of nitrogens with zero attached hydrogens (tertiary/aromatic N) is 2. The number of aromatic nitrogens is 2. The number of ether oxygens (including phenoxy) is 1. The molecule has 2 rings (SSSR count). The van der Waals surface area contributed by atoms with Crippen LogP contribution >= 0.6 is 23.2 Å². The number of hydrogen-bond acceptors (Lipinski definition) is 3. The fraction of sp³-hybridized carbons (Fsp3) is 0.231. The third-order valence-electron chi connectivity index (χ3n) is 2.44. The summed E-state index contributed by atoms with van der Waals surface area (Å²) in [6, 6.07) is 7.77. The Balaban J connectivity index is 2.21. The van der Waals surface area contributed by atoms with Crippen molar-refractivity contribution < 1.29 is 4.74 Å². The molecule has 0 N–H and O–H groups in total. The summed E-state index contributed by atoms with van der Waals surface area (Å²) < 4.78 is 5.56. The molecule has 0 fully saturated rings. The number of hydrogen-bond donors (Lipinski definition) is 0. The Kier molecular flexibility index (Phi) is 4.04. The Morgan fingerprint density at radius 1 is 1.11 bits per heavy atom. The second-order valence-electron chi connectivity index (χ2n) is 4.12. The van der Waals surface area contributed by atoms with Crippen molar-refractivity contribution in [1.29, 1.82) is 0 Å². The smallest absolute Gasteiger partial charge is 0.242 e. The first-order chi connectivity index (χ1) is 8.56. The predicted molar refractivity (Wildman–Crippen MR) is 72.7 cm³/mol. The maximum atomic E-state index is 5.92. The molecule has 0 aliphatic heterocycles. The Morgan fingerprint density at radius 2 is 1.78 bits per heavy atom. The van der Waals surface area contributed by atoms with Crippen molar-refractivity contribution in [3.63, 3.8) is 0 Å². The van der Waals surface area contributed by atoms with Crippen molar-refractivity contribution in [3.8, 4) is 11.6 Å². The van der Waals surface area contributed by atoms with E-state index in [0.717, 1.165) is 0 Å². The van der Waals surface area contributed by atoms with Gasteiger partial charge in [-0.15, -0.1) is 0 Å². The molecule has 0 amide bonds. The van der Waals surface area contributed by atoms with Gasteiger partial charge in [-0.2, -0.15) is 4.98 Å². The molecule has 0 radical (unpaired) electrons. The molecule has 2 aromatic rings. The average molecular weight is 283 g/mol. The SMILES string of the molecule is CC(C)c1ccc(Oc2nc(Cl)ncc2Cl)cc1. The molecule has 0 bridgehead atoms. The summed E-state index contributed by atoms with van der Waals surface area (Å²) in [6.45, 7) is 4.27. The summed E-state index contributed by atoms with van der Waals surface area (Å²) >= 11 is 11.6. The molecular weight excluding hydrogens is 271 g/mol. The van der Waals surface area contributed by atoms with E-state index in [1.54, 1.807) is 0 Å².